The van der Waals surface area contributed by atoms with E-state index in [4.69, 9.17) is 0 Å². The van der Waals surface area contributed by atoms with Gasteiger partial charge in [-0.3, -0.25) is 9.52 Å². The minimum Gasteiger partial charge on any atom is -0.346 e. The smallest absolute Gasteiger partial charge is 0.261 e. The van der Waals surface area contributed by atoms with Gasteiger partial charge in [0.05, 0.1) is 10.9 Å². The number of hydrogen-bond donors (Lipinski definition) is 2. The van der Waals surface area contributed by atoms with Crippen molar-refractivity contribution in [3.05, 3.63) is 95.3 Å². The molecule has 9 heteroatoms. The van der Waals surface area contributed by atoms with Gasteiger partial charge >= 0.3 is 0 Å². The van der Waals surface area contributed by atoms with Gasteiger partial charge in [-0.05, 0) is 73.2 Å². The molecule has 0 spiro atoms. The summed E-state index contributed by atoms with van der Waals surface area (Å²) in [6.07, 6.45) is 0. The number of hydrogen-bond acceptors (Lipinski definition) is 3. The molecular formula is C21H17F3N2O3S. The molecule has 0 aliphatic rings. The lowest BCUT2D eigenvalue weighted by molar-refractivity contribution is 0.0940. The molecule has 0 saturated carbocycles. The molecule has 1 amide bonds. The molecule has 0 heterocycles. The van der Waals surface area contributed by atoms with Crippen LogP contribution in [0.5, 0.6) is 0 Å². The van der Waals surface area contributed by atoms with E-state index in [-0.39, 0.29) is 16.1 Å². The predicted octanol–water partition coefficient (Wildman–Crippen LogP) is 4.40. The topological polar surface area (TPSA) is 75.3 Å². The van der Waals surface area contributed by atoms with E-state index >= 15 is 0 Å². The molecule has 1 unspecified atom stereocenters. The minimum absolute atomic E-state index is 0.105. The van der Waals surface area contributed by atoms with Crippen molar-refractivity contribution in [1.82, 2.24) is 5.32 Å². The molecule has 0 aliphatic heterocycles. The van der Waals surface area contributed by atoms with E-state index < -0.39 is 39.4 Å². The summed E-state index contributed by atoms with van der Waals surface area (Å²) in [6.45, 7) is 1.62. The normalized spacial score (nSPS) is 12.3. The monoisotopic (exact) mass is 434 g/mol. The molecule has 3 rings (SSSR count). The van der Waals surface area contributed by atoms with Gasteiger partial charge in [-0.25, -0.2) is 21.6 Å². The summed E-state index contributed by atoms with van der Waals surface area (Å²) in [7, 11) is -3.91. The molecule has 156 valence electrons. The van der Waals surface area contributed by atoms with E-state index in [9.17, 15) is 26.4 Å². The average molecular weight is 434 g/mol. The maximum absolute atomic E-state index is 13.4. The van der Waals surface area contributed by atoms with Crippen LogP contribution in [0.15, 0.2) is 71.6 Å². The third kappa shape index (κ3) is 4.98. The van der Waals surface area contributed by atoms with Crippen LogP contribution in [-0.4, -0.2) is 14.3 Å². The molecule has 30 heavy (non-hydrogen) atoms. The highest BCUT2D eigenvalue weighted by molar-refractivity contribution is 7.92. The van der Waals surface area contributed by atoms with Crippen molar-refractivity contribution in [2.45, 2.75) is 17.9 Å². The van der Waals surface area contributed by atoms with Crippen molar-refractivity contribution in [2.24, 2.45) is 0 Å². The van der Waals surface area contributed by atoms with Gasteiger partial charge < -0.3 is 5.32 Å². The molecule has 2 N–H and O–H groups in total. The maximum Gasteiger partial charge on any atom is 0.261 e. The Hall–Kier alpha value is -3.33. The first-order valence-electron chi connectivity index (χ1n) is 8.80. The predicted molar refractivity (Wildman–Crippen MR) is 106 cm³/mol. The van der Waals surface area contributed by atoms with Crippen LogP contribution >= 0.6 is 0 Å². The van der Waals surface area contributed by atoms with Crippen LogP contribution in [0, 0.1) is 17.5 Å². The van der Waals surface area contributed by atoms with E-state index in [0.717, 1.165) is 36.4 Å². The largest absolute Gasteiger partial charge is 0.346 e. The number of anilines is 1. The van der Waals surface area contributed by atoms with Crippen LogP contribution in [0.4, 0.5) is 18.9 Å². The fourth-order valence-corrected chi connectivity index (χ4v) is 3.72. The van der Waals surface area contributed by atoms with Crippen LogP contribution in [0.3, 0.4) is 0 Å². The van der Waals surface area contributed by atoms with Crippen molar-refractivity contribution in [1.29, 1.82) is 0 Å². The second-order valence-corrected chi connectivity index (χ2v) is 8.19. The van der Waals surface area contributed by atoms with Crippen LogP contribution in [0.1, 0.15) is 28.9 Å². The third-order valence-electron chi connectivity index (χ3n) is 4.31. The van der Waals surface area contributed by atoms with Crippen molar-refractivity contribution in [3.8, 4) is 0 Å². The summed E-state index contributed by atoms with van der Waals surface area (Å²) in [6, 6.07) is 12.8. The summed E-state index contributed by atoms with van der Waals surface area (Å²) < 4.78 is 66.3. The second-order valence-electron chi connectivity index (χ2n) is 6.51. The number of sulfonamides is 1. The number of carbonyl (C=O) groups is 1. The standard InChI is InChI=1S/C21H17F3N2O3S/c1-13(15-4-11-19(23)20(24)12-15)25-21(27)14-2-7-17(8-3-14)26-30(28,29)18-9-5-16(22)6-10-18/h2-13,26H,1H3,(H,25,27). The highest BCUT2D eigenvalue weighted by atomic mass is 32.2. The van der Waals surface area contributed by atoms with Gasteiger partial charge in [0.25, 0.3) is 15.9 Å². The number of nitrogens with one attached hydrogen (secondary N) is 2. The van der Waals surface area contributed by atoms with Crippen LogP contribution in [0.25, 0.3) is 0 Å². The van der Waals surface area contributed by atoms with Gasteiger partial charge in [0, 0.05) is 11.3 Å². The average Bonchev–Trinajstić information content (AvgIpc) is 2.70. The Bertz CT molecular complexity index is 1170. The van der Waals surface area contributed by atoms with Crippen molar-refractivity contribution in [3.63, 3.8) is 0 Å². The molecule has 0 aliphatic carbocycles. The SMILES string of the molecule is CC(NC(=O)c1ccc(NS(=O)(=O)c2ccc(F)cc2)cc1)c1ccc(F)c(F)c1. The third-order valence-corrected chi connectivity index (χ3v) is 5.71. The Morgan fingerprint density at radius 2 is 1.50 bits per heavy atom. The first-order chi connectivity index (χ1) is 14.2. The fourth-order valence-electron chi connectivity index (χ4n) is 2.66. The van der Waals surface area contributed by atoms with E-state index in [1.165, 1.54) is 30.3 Å². The lowest BCUT2D eigenvalue weighted by atomic mass is 10.1. The summed E-state index contributed by atoms with van der Waals surface area (Å²) in [5, 5.41) is 2.66. The van der Waals surface area contributed by atoms with Gasteiger partial charge in [-0.2, -0.15) is 0 Å². The molecule has 0 radical (unpaired) electrons. The molecule has 0 saturated heterocycles. The first kappa shape index (κ1) is 21.4. The van der Waals surface area contributed by atoms with Crippen molar-refractivity contribution < 1.29 is 26.4 Å². The van der Waals surface area contributed by atoms with Crippen LogP contribution in [0.2, 0.25) is 0 Å². The molecule has 3 aromatic carbocycles. The number of amides is 1. The fraction of sp³-hybridized carbons (Fsp3) is 0.0952. The molecule has 0 bridgehead atoms. The zero-order valence-electron chi connectivity index (χ0n) is 15.7. The van der Waals surface area contributed by atoms with Crippen LogP contribution in [-0.2, 0) is 10.0 Å². The molecule has 0 fully saturated rings. The van der Waals surface area contributed by atoms with E-state index in [1.54, 1.807) is 6.92 Å². The summed E-state index contributed by atoms with van der Waals surface area (Å²) >= 11 is 0. The summed E-state index contributed by atoms with van der Waals surface area (Å²) in [5.74, 6) is -3.01. The molecular weight excluding hydrogens is 417 g/mol. The van der Waals surface area contributed by atoms with Gasteiger partial charge in [0.1, 0.15) is 5.82 Å². The number of rotatable bonds is 6. The van der Waals surface area contributed by atoms with Gasteiger partial charge in [-0.1, -0.05) is 6.07 Å². The molecule has 1 atom stereocenters. The first-order valence-corrected chi connectivity index (χ1v) is 10.3. The van der Waals surface area contributed by atoms with E-state index in [0.29, 0.717) is 5.56 Å². The van der Waals surface area contributed by atoms with Crippen LogP contribution < -0.4 is 10.0 Å². The zero-order chi connectivity index (χ0) is 21.9. The van der Waals surface area contributed by atoms with Gasteiger partial charge in [0.2, 0.25) is 0 Å². The Kier molecular flexibility index (Phi) is 6.12. The lowest BCUT2D eigenvalue weighted by Crippen LogP contribution is -2.26. The minimum atomic E-state index is -3.91. The molecule has 0 aromatic heterocycles. The number of carbonyl (C=O) groups excluding carboxylic acids is 1. The quantitative estimate of drug-likeness (QED) is 0.604. The molecule has 5 nitrogen and oxygen atoms in total. The van der Waals surface area contributed by atoms with Gasteiger partial charge in [-0.15, -0.1) is 0 Å². The Morgan fingerprint density at radius 3 is 2.10 bits per heavy atom. The highest BCUT2D eigenvalue weighted by Crippen LogP contribution is 2.19. The van der Waals surface area contributed by atoms with Gasteiger partial charge in [0.15, 0.2) is 11.6 Å². The molecule has 3 aromatic rings. The second kappa shape index (κ2) is 8.58. The highest BCUT2D eigenvalue weighted by Gasteiger charge is 2.16. The Labute approximate surface area is 171 Å². The van der Waals surface area contributed by atoms with Crippen molar-refractivity contribution >= 4 is 21.6 Å². The zero-order valence-corrected chi connectivity index (χ0v) is 16.5. The number of benzene rings is 3. The number of halogens is 3. The van der Waals surface area contributed by atoms with E-state index in [2.05, 4.69) is 10.0 Å². The summed E-state index contributed by atoms with van der Waals surface area (Å²) in [4.78, 5) is 12.3. The maximum atomic E-state index is 13.4. The Balaban J connectivity index is 1.68. The lowest BCUT2D eigenvalue weighted by Gasteiger charge is -2.15. The van der Waals surface area contributed by atoms with E-state index in [1.807, 2.05) is 0 Å². The Morgan fingerprint density at radius 1 is 0.867 bits per heavy atom. The summed E-state index contributed by atoms with van der Waals surface area (Å²) in [5.41, 5.74) is 0.852. The van der Waals surface area contributed by atoms with Crippen molar-refractivity contribution in [2.75, 3.05) is 4.72 Å².